The number of hydrogen-bond donors (Lipinski definition) is 1. The Morgan fingerprint density at radius 3 is 2.50 bits per heavy atom. The molecule has 2 aromatic carbocycles. The van der Waals surface area contributed by atoms with Crippen LogP contribution in [-0.4, -0.2) is 13.1 Å². The van der Waals surface area contributed by atoms with Crippen LogP contribution in [0.3, 0.4) is 0 Å². The van der Waals surface area contributed by atoms with Crippen molar-refractivity contribution in [3.05, 3.63) is 42.5 Å². The van der Waals surface area contributed by atoms with Crippen LogP contribution in [0.2, 0.25) is 19.6 Å². The Morgan fingerprint density at radius 2 is 1.80 bits per heavy atom. The van der Waals surface area contributed by atoms with Gasteiger partial charge in [0.2, 0.25) is 0 Å². The lowest BCUT2D eigenvalue weighted by Gasteiger charge is -2.18. The zero-order valence-corrected chi connectivity index (χ0v) is 14.6. The molecule has 1 heterocycles. The summed E-state index contributed by atoms with van der Waals surface area (Å²) in [6.45, 7) is 7.09. The van der Waals surface area contributed by atoms with Gasteiger partial charge in [-0.25, -0.2) is 4.98 Å². The Labute approximate surface area is 130 Å². The van der Waals surface area contributed by atoms with Crippen molar-refractivity contribution in [1.29, 1.82) is 0 Å². The topological polar surface area (TPSA) is 12.9 Å². The minimum atomic E-state index is -1.32. The Kier molecular flexibility index (Phi) is 3.48. The molecule has 0 aliphatic carbocycles. The van der Waals surface area contributed by atoms with E-state index < -0.39 is 8.07 Å². The third-order valence-electron chi connectivity index (χ3n) is 3.39. The molecule has 0 aliphatic rings. The first kappa shape index (κ1) is 13.9. The van der Waals surface area contributed by atoms with Crippen molar-refractivity contribution >= 4 is 47.4 Å². The van der Waals surface area contributed by atoms with Gasteiger partial charge < -0.3 is 0 Å². The lowest BCUT2D eigenvalue weighted by Crippen LogP contribution is -2.37. The molecule has 4 heteroatoms. The summed E-state index contributed by atoms with van der Waals surface area (Å²) < 4.78 is 1.23. The fourth-order valence-electron chi connectivity index (χ4n) is 2.16. The minimum Gasteiger partial charge on any atom is -0.236 e. The molecule has 0 saturated carbocycles. The second-order valence-corrected chi connectivity index (χ2v) is 12.6. The molecule has 0 spiro atoms. The number of nitrogens with zero attached hydrogens (tertiary/aromatic N) is 1. The maximum absolute atomic E-state index is 4.75. The van der Waals surface area contributed by atoms with Crippen molar-refractivity contribution in [2.45, 2.75) is 24.5 Å². The summed E-state index contributed by atoms with van der Waals surface area (Å²) in [7, 11) is -1.32. The second kappa shape index (κ2) is 5.02. The molecule has 102 valence electrons. The predicted octanol–water partition coefficient (Wildman–Crippen LogP) is 4.80. The monoisotopic (exact) mass is 315 g/mol. The van der Waals surface area contributed by atoms with E-state index in [4.69, 9.17) is 4.98 Å². The maximum atomic E-state index is 4.75. The predicted molar refractivity (Wildman–Crippen MR) is 95.3 cm³/mol. The molecule has 0 unspecified atom stereocenters. The molecular formula is C16H17NS2Si. The largest absolute Gasteiger partial charge is 0.236 e. The Balaban J connectivity index is 2.17. The van der Waals surface area contributed by atoms with Gasteiger partial charge in [0, 0.05) is 10.5 Å². The number of thiazole rings is 1. The fraction of sp³-hybridized carbons (Fsp3) is 0.188. The van der Waals surface area contributed by atoms with Crippen LogP contribution in [0, 0.1) is 0 Å². The number of rotatable bonds is 2. The van der Waals surface area contributed by atoms with Crippen LogP contribution >= 0.6 is 24.0 Å². The SMILES string of the molecule is C[Si](C)(C)c1ccc(S)c(-c2nc3ccccc3s2)c1. The van der Waals surface area contributed by atoms with E-state index in [0.29, 0.717) is 0 Å². The highest BCUT2D eigenvalue weighted by Crippen LogP contribution is 2.33. The fourth-order valence-corrected chi connectivity index (χ4v) is 4.64. The zero-order chi connectivity index (χ0) is 14.3. The van der Waals surface area contributed by atoms with Gasteiger partial charge in [-0.3, -0.25) is 0 Å². The molecule has 0 saturated heterocycles. The van der Waals surface area contributed by atoms with E-state index in [2.05, 4.69) is 68.7 Å². The zero-order valence-electron chi connectivity index (χ0n) is 11.8. The summed E-state index contributed by atoms with van der Waals surface area (Å²) in [6, 6.07) is 14.9. The average Bonchev–Trinajstić information content (AvgIpc) is 2.81. The number of benzene rings is 2. The van der Waals surface area contributed by atoms with Crippen LogP contribution in [0.1, 0.15) is 0 Å². The van der Waals surface area contributed by atoms with E-state index in [1.165, 1.54) is 9.89 Å². The summed E-state index contributed by atoms with van der Waals surface area (Å²) in [5.74, 6) is 0. The first-order valence-corrected chi connectivity index (χ1v) is 11.4. The summed E-state index contributed by atoms with van der Waals surface area (Å²) in [5, 5.41) is 2.51. The number of fused-ring (bicyclic) bond motifs is 1. The highest BCUT2D eigenvalue weighted by atomic mass is 32.1. The summed E-state index contributed by atoms with van der Waals surface area (Å²) in [6.07, 6.45) is 0. The quantitative estimate of drug-likeness (QED) is 0.529. The maximum Gasteiger partial charge on any atom is 0.125 e. The van der Waals surface area contributed by atoms with E-state index in [0.717, 1.165) is 21.0 Å². The molecule has 0 aliphatic heterocycles. The third-order valence-corrected chi connectivity index (χ3v) is 6.89. The van der Waals surface area contributed by atoms with Crippen molar-refractivity contribution in [2.24, 2.45) is 0 Å². The van der Waals surface area contributed by atoms with E-state index >= 15 is 0 Å². The normalized spacial score (nSPS) is 12.0. The smallest absolute Gasteiger partial charge is 0.125 e. The van der Waals surface area contributed by atoms with Gasteiger partial charge in [-0.15, -0.1) is 24.0 Å². The minimum absolute atomic E-state index is 1.01. The molecule has 3 aromatic rings. The molecule has 0 N–H and O–H groups in total. The summed E-state index contributed by atoms with van der Waals surface area (Å²) >= 11 is 6.36. The van der Waals surface area contributed by atoms with Crippen molar-refractivity contribution in [2.75, 3.05) is 0 Å². The lowest BCUT2D eigenvalue weighted by atomic mass is 10.2. The van der Waals surface area contributed by atoms with Gasteiger partial charge >= 0.3 is 0 Å². The van der Waals surface area contributed by atoms with Gasteiger partial charge in [0.15, 0.2) is 0 Å². The molecule has 20 heavy (non-hydrogen) atoms. The summed E-state index contributed by atoms with van der Waals surface area (Å²) in [5.41, 5.74) is 2.23. The molecule has 0 radical (unpaired) electrons. The molecule has 0 atom stereocenters. The third kappa shape index (κ3) is 2.55. The van der Waals surface area contributed by atoms with Crippen LogP contribution in [0.4, 0.5) is 0 Å². The van der Waals surface area contributed by atoms with Gasteiger partial charge in [0.1, 0.15) is 5.01 Å². The summed E-state index contributed by atoms with van der Waals surface area (Å²) in [4.78, 5) is 5.76. The molecular weight excluding hydrogens is 298 g/mol. The molecule has 3 rings (SSSR count). The van der Waals surface area contributed by atoms with E-state index in [1.807, 2.05) is 6.07 Å². The van der Waals surface area contributed by atoms with Gasteiger partial charge in [-0.05, 0) is 18.2 Å². The van der Waals surface area contributed by atoms with Crippen molar-refractivity contribution in [3.63, 3.8) is 0 Å². The standard InChI is InChI=1S/C16H17NS2Si/c1-20(2,3)11-8-9-14(18)12(10-11)16-17-13-6-4-5-7-15(13)19-16/h4-10,18H,1-3H3. The van der Waals surface area contributed by atoms with E-state index in [9.17, 15) is 0 Å². The van der Waals surface area contributed by atoms with Crippen molar-refractivity contribution < 1.29 is 0 Å². The van der Waals surface area contributed by atoms with Crippen molar-refractivity contribution in [3.8, 4) is 10.6 Å². The number of para-hydroxylation sites is 1. The Morgan fingerprint density at radius 1 is 1.05 bits per heavy atom. The first-order chi connectivity index (χ1) is 9.45. The van der Waals surface area contributed by atoms with Crippen LogP contribution < -0.4 is 5.19 Å². The van der Waals surface area contributed by atoms with Gasteiger partial charge in [-0.2, -0.15) is 0 Å². The molecule has 0 bridgehead atoms. The molecule has 1 nitrogen and oxygen atoms in total. The van der Waals surface area contributed by atoms with Gasteiger partial charge in [0.05, 0.1) is 18.3 Å². The van der Waals surface area contributed by atoms with Gasteiger partial charge in [0.25, 0.3) is 0 Å². The second-order valence-electron chi connectivity index (χ2n) is 5.97. The number of aromatic nitrogens is 1. The van der Waals surface area contributed by atoms with Gasteiger partial charge in [-0.1, -0.05) is 49.1 Å². The number of thiol groups is 1. The molecule has 0 fully saturated rings. The number of hydrogen-bond acceptors (Lipinski definition) is 3. The Bertz CT molecular complexity index is 738. The van der Waals surface area contributed by atoms with Crippen molar-refractivity contribution in [1.82, 2.24) is 4.98 Å². The molecule has 1 aromatic heterocycles. The van der Waals surface area contributed by atoms with Crippen LogP contribution in [0.25, 0.3) is 20.8 Å². The lowest BCUT2D eigenvalue weighted by molar-refractivity contribution is 1.41. The van der Waals surface area contributed by atoms with Crippen LogP contribution in [-0.2, 0) is 0 Å². The van der Waals surface area contributed by atoms with E-state index in [-0.39, 0.29) is 0 Å². The highest BCUT2D eigenvalue weighted by Gasteiger charge is 2.18. The average molecular weight is 316 g/mol. The first-order valence-electron chi connectivity index (χ1n) is 6.64. The van der Waals surface area contributed by atoms with E-state index in [1.54, 1.807) is 11.3 Å². The molecule has 0 amide bonds. The van der Waals surface area contributed by atoms with Crippen LogP contribution in [0.15, 0.2) is 47.4 Å². The highest BCUT2D eigenvalue weighted by molar-refractivity contribution is 7.80. The van der Waals surface area contributed by atoms with Crippen LogP contribution in [0.5, 0.6) is 0 Å². The Hall–Kier alpha value is -1.10.